The molecule has 22 heavy (non-hydrogen) atoms. The molecule has 1 atom stereocenters. The van der Waals surface area contributed by atoms with E-state index >= 15 is 0 Å². The largest absolute Gasteiger partial charge is 0.459 e. The maximum absolute atomic E-state index is 12.4. The highest BCUT2D eigenvalue weighted by Crippen LogP contribution is 2.24. The molecule has 0 aliphatic rings. The highest BCUT2D eigenvalue weighted by molar-refractivity contribution is 7.98. The topological polar surface area (TPSA) is 55.1 Å². The Morgan fingerprint density at radius 1 is 1.27 bits per heavy atom. The zero-order chi connectivity index (χ0) is 15.5. The molecule has 5 heteroatoms. The Morgan fingerprint density at radius 2 is 2.09 bits per heavy atom. The van der Waals surface area contributed by atoms with Gasteiger partial charge in [0.15, 0.2) is 0 Å². The molecule has 0 spiro atoms. The normalized spacial score (nSPS) is 12.3. The molecule has 4 nitrogen and oxygen atoms in total. The Balaban J connectivity index is 1.81. The van der Waals surface area contributed by atoms with Crippen LogP contribution < -0.4 is 5.32 Å². The first-order chi connectivity index (χ1) is 10.7. The van der Waals surface area contributed by atoms with E-state index in [1.165, 1.54) is 11.8 Å². The van der Waals surface area contributed by atoms with Crippen LogP contribution in [0, 0.1) is 0 Å². The predicted molar refractivity (Wildman–Crippen MR) is 88.1 cm³/mol. The fourth-order valence-corrected chi connectivity index (χ4v) is 2.83. The smallest absolute Gasteiger partial charge is 0.254 e. The van der Waals surface area contributed by atoms with Crippen molar-refractivity contribution < 1.29 is 9.21 Å². The monoisotopic (exact) mass is 312 g/mol. The van der Waals surface area contributed by atoms with E-state index in [1.807, 2.05) is 43.5 Å². The number of fused-ring (bicyclic) bond motifs is 1. The summed E-state index contributed by atoms with van der Waals surface area (Å²) in [4.78, 5) is 16.6. The summed E-state index contributed by atoms with van der Waals surface area (Å²) in [7, 11) is 0. The first-order valence-corrected chi connectivity index (χ1v) is 8.20. The molecule has 0 bridgehead atoms. The number of hydrogen-bond donors (Lipinski definition) is 1. The van der Waals surface area contributed by atoms with Gasteiger partial charge in [0.25, 0.3) is 5.91 Å². The van der Waals surface area contributed by atoms with Gasteiger partial charge in [-0.3, -0.25) is 4.79 Å². The van der Waals surface area contributed by atoms with Crippen LogP contribution in [0.5, 0.6) is 0 Å². The lowest BCUT2D eigenvalue weighted by Gasteiger charge is -2.12. The zero-order valence-electron chi connectivity index (χ0n) is 12.4. The summed E-state index contributed by atoms with van der Waals surface area (Å²) < 4.78 is 5.79. The number of aromatic nitrogens is 1. The standard InChI is InChI=1S/C17H16N2O2S/c1-11(15-10-12-6-3-4-8-14(12)21-15)19-16(20)13-7-5-9-18-17(13)22-2/h3-11H,1-2H3,(H,19,20). The number of nitrogens with zero attached hydrogens (tertiary/aromatic N) is 1. The van der Waals surface area contributed by atoms with E-state index in [1.54, 1.807) is 18.3 Å². The van der Waals surface area contributed by atoms with Crippen molar-refractivity contribution in [1.29, 1.82) is 0 Å². The highest BCUT2D eigenvalue weighted by atomic mass is 32.2. The molecule has 3 aromatic rings. The van der Waals surface area contributed by atoms with Crippen molar-refractivity contribution >= 4 is 28.6 Å². The second-order valence-electron chi connectivity index (χ2n) is 4.94. The van der Waals surface area contributed by atoms with Gasteiger partial charge < -0.3 is 9.73 Å². The van der Waals surface area contributed by atoms with Crippen molar-refractivity contribution in [2.45, 2.75) is 18.0 Å². The Kier molecular flexibility index (Phi) is 4.15. The average molecular weight is 312 g/mol. The molecule has 0 radical (unpaired) electrons. The summed E-state index contributed by atoms with van der Waals surface area (Å²) in [6, 6.07) is 13.1. The summed E-state index contributed by atoms with van der Waals surface area (Å²) in [5.74, 6) is 0.592. The first kappa shape index (κ1) is 14.7. The van der Waals surface area contributed by atoms with Gasteiger partial charge in [0.2, 0.25) is 0 Å². The molecular weight excluding hydrogens is 296 g/mol. The number of hydrogen-bond acceptors (Lipinski definition) is 4. The van der Waals surface area contributed by atoms with E-state index in [0.29, 0.717) is 5.56 Å². The van der Waals surface area contributed by atoms with Gasteiger partial charge in [0, 0.05) is 11.6 Å². The number of pyridine rings is 1. The van der Waals surface area contributed by atoms with Crippen molar-refractivity contribution in [3.8, 4) is 0 Å². The molecule has 3 rings (SSSR count). The lowest BCUT2D eigenvalue weighted by molar-refractivity contribution is 0.0932. The van der Waals surface area contributed by atoms with E-state index in [4.69, 9.17) is 4.42 Å². The molecule has 0 aliphatic heterocycles. The van der Waals surface area contributed by atoms with E-state index in [2.05, 4.69) is 10.3 Å². The number of para-hydroxylation sites is 1. The maximum atomic E-state index is 12.4. The molecule has 0 saturated heterocycles. The number of furan rings is 1. The van der Waals surface area contributed by atoms with E-state index < -0.39 is 0 Å². The number of thioether (sulfide) groups is 1. The van der Waals surface area contributed by atoms with Gasteiger partial charge in [0.05, 0.1) is 11.6 Å². The van der Waals surface area contributed by atoms with E-state index in [9.17, 15) is 4.79 Å². The molecule has 2 aromatic heterocycles. The maximum Gasteiger partial charge on any atom is 0.254 e. The summed E-state index contributed by atoms with van der Waals surface area (Å²) in [5, 5.41) is 4.71. The number of amides is 1. The fraction of sp³-hybridized carbons (Fsp3) is 0.176. The van der Waals surface area contributed by atoms with Crippen LogP contribution in [-0.4, -0.2) is 17.1 Å². The number of carbonyl (C=O) groups excluding carboxylic acids is 1. The zero-order valence-corrected chi connectivity index (χ0v) is 13.2. The Hall–Kier alpha value is -2.27. The van der Waals surface area contributed by atoms with Gasteiger partial charge in [-0.2, -0.15) is 0 Å². The van der Waals surface area contributed by atoms with E-state index in [-0.39, 0.29) is 11.9 Å². The van der Waals surface area contributed by atoms with Gasteiger partial charge in [0.1, 0.15) is 16.4 Å². The molecule has 2 heterocycles. The molecule has 1 amide bonds. The van der Waals surface area contributed by atoms with Gasteiger partial charge in [-0.1, -0.05) is 18.2 Å². The van der Waals surface area contributed by atoms with Crippen LogP contribution in [0.3, 0.4) is 0 Å². The Labute approximate surface area is 132 Å². The number of benzene rings is 1. The molecule has 0 saturated carbocycles. The number of nitrogens with one attached hydrogen (secondary N) is 1. The Bertz CT molecular complexity index is 780. The third-order valence-corrected chi connectivity index (χ3v) is 4.14. The first-order valence-electron chi connectivity index (χ1n) is 6.97. The van der Waals surface area contributed by atoms with E-state index in [0.717, 1.165) is 21.8 Å². The highest BCUT2D eigenvalue weighted by Gasteiger charge is 2.17. The minimum absolute atomic E-state index is 0.148. The van der Waals surface area contributed by atoms with Crippen molar-refractivity contribution in [1.82, 2.24) is 10.3 Å². The third-order valence-electron chi connectivity index (χ3n) is 3.43. The van der Waals surface area contributed by atoms with Crippen molar-refractivity contribution in [2.75, 3.05) is 6.26 Å². The van der Waals surface area contributed by atoms with Gasteiger partial charge in [-0.15, -0.1) is 11.8 Å². The van der Waals surface area contributed by atoms with Crippen molar-refractivity contribution in [3.05, 3.63) is 60.0 Å². The second kappa shape index (κ2) is 6.23. The SMILES string of the molecule is CSc1ncccc1C(=O)NC(C)c1cc2ccccc2o1. The number of carbonyl (C=O) groups is 1. The van der Waals surface area contributed by atoms with Crippen LogP contribution in [0.25, 0.3) is 11.0 Å². The van der Waals surface area contributed by atoms with Gasteiger partial charge in [-0.25, -0.2) is 4.98 Å². The summed E-state index contributed by atoms with van der Waals surface area (Å²) in [6.07, 6.45) is 3.59. The fourth-order valence-electron chi connectivity index (χ4n) is 2.29. The van der Waals surface area contributed by atoms with Crippen LogP contribution in [0.15, 0.2) is 58.1 Å². The molecular formula is C17H16N2O2S. The molecule has 1 aromatic carbocycles. The Morgan fingerprint density at radius 3 is 2.86 bits per heavy atom. The van der Waals surface area contributed by atoms with Crippen LogP contribution in [0.4, 0.5) is 0 Å². The predicted octanol–water partition coefficient (Wildman–Crippen LogP) is 4.04. The minimum atomic E-state index is -0.213. The van der Waals surface area contributed by atoms with Crippen LogP contribution in [0.2, 0.25) is 0 Å². The molecule has 0 fully saturated rings. The summed E-state index contributed by atoms with van der Waals surface area (Å²) in [5.41, 5.74) is 1.41. The molecule has 1 unspecified atom stereocenters. The van der Waals surface area contributed by atoms with Crippen LogP contribution in [-0.2, 0) is 0 Å². The van der Waals surface area contributed by atoms with Crippen molar-refractivity contribution in [2.24, 2.45) is 0 Å². The van der Waals surface area contributed by atoms with Gasteiger partial charge >= 0.3 is 0 Å². The molecule has 112 valence electrons. The summed E-state index contributed by atoms with van der Waals surface area (Å²) >= 11 is 1.46. The lowest BCUT2D eigenvalue weighted by Crippen LogP contribution is -2.27. The van der Waals surface area contributed by atoms with Crippen molar-refractivity contribution in [3.63, 3.8) is 0 Å². The molecule has 1 N–H and O–H groups in total. The lowest BCUT2D eigenvalue weighted by atomic mass is 10.2. The quantitative estimate of drug-likeness (QED) is 0.739. The second-order valence-corrected chi connectivity index (χ2v) is 5.74. The number of rotatable bonds is 4. The summed E-state index contributed by atoms with van der Waals surface area (Å²) in [6.45, 7) is 1.91. The van der Waals surface area contributed by atoms with Crippen LogP contribution in [0.1, 0.15) is 29.1 Å². The average Bonchev–Trinajstić information content (AvgIpc) is 2.99. The minimum Gasteiger partial charge on any atom is -0.459 e. The third kappa shape index (κ3) is 2.85. The van der Waals surface area contributed by atoms with Gasteiger partial charge in [-0.05, 0) is 37.4 Å². The van der Waals surface area contributed by atoms with Crippen LogP contribution >= 0.6 is 11.8 Å². The molecule has 0 aliphatic carbocycles.